The highest BCUT2D eigenvalue weighted by molar-refractivity contribution is 14.0. The monoisotopic (exact) mass is 489 g/mol. The fourth-order valence-electron chi connectivity index (χ4n) is 2.91. The van der Waals surface area contributed by atoms with E-state index in [-0.39, 0.29) is 42.5 Å². The second-order valence-corrected chi connectivity index (χ2v) is 6.87. The minimum Gasteiger partial charge on any atom is -0.374 e. The van der Waals surface area contributed by atoms with Gasteiger partial charge < -0.3 is 20.7 Å². The Morgan fingerprint density at radius 2 is 2.04 bits per heavy atom. The molecule has 1 unspecified atom stereocenters. The number of para-hydroxylation sites is 1. The lowest BCUT2D eigenvalue weighted by atomic mass is 10.2. The maximum Gasteiger partial charge on any atom is 0.243 e. The number of hydrogen-bond acceptors (Lipinski definition) is 4. The fraction of sp³-hybridized carbons (Fsp3) is 0.579. The van der Waals surface area contributed by atoms with Crippen LogP contribution in [0.2, 0.25) is 0 Å². The molecule has 0 bridgehead atoms. The van der Waals surface area contributed by atoms with Crippen molar-refractivity contribution in [1.82, 2.24) is 15.5 Å². The lowest BCUT2D eigenvalue weighted by Crippen LogP contribution is -2.50. The molecule has 1 atom stereocenters. The Balaban J connectivity index is 0.00000364. The molecule has 0 radical (unpaired) electrons. The summed E-state index contributed by atoms with van der Waals surface area (Å²) in [5.41, 5.74) is 0.781. The third-order valence-corrected chi connectivity index (χ3v) is 4.04. The Kier molecular flexibility index (Phi) is 11.3. The molecule has 1 saturated heterocycles. The van der Waals surface area contributed by atoms with E-state index in [0.29, 0.717) is 18.4 Å². The van der Waals surface area contributed by atoms with Gasteiger partial charge in [-0.05, 0) is 18.1 Å². The quantitative estimate of drug-likeness (QED) is 0.309. The van der Waals surface area contributed by atoms with Crippen molar-refractivity contribution < 1.29 is 9.53 Å². The molecule has 152 valence electrons. The van der Waals surface area contributed by atoms with Gasteiger partial charge in [0.1, 0.15) is 0 Å². The highest BCUT2D eigenvalue weighted by Gasteiger charge is 2.21. The maximum atomic E-state index is 12.0. The van der Waals surface area contributed by atoms with E-state index in [4.69, 9.17) is 4.74 Å². The van der Waals surface area contributed by atoms with Crippen LogP contribution in [0.15, 0.2) is 35.3 Å². The summed E-state index contributed by atoms with van der Waals surface area (Å²) >= 11 is 0. The number of hydrogen-bond donors (Lipinski definition) is 3. The first-order chi connectivity index (χ1) is 12.6. The van der Waals surface area contributed by atoms with E-state index in [1.807, 2.05) is 30.3 Å². The van der Waals surface area contributed by atoms with Gasteiger partial charge in [0.05, 0.1) is 19.3 Å². The largest absolute Gasteiger partial charge is 0.374 e. The molecule has 0 saturated carbocycles. The van der Waals surface area contributed by atoms with E-state index in [1.54, 1.807) is 7.05 Å². The molecule has 7 nitrogen and oxygen atoms in total. The molecular formula is C19H32IN5O2. The molecule has 1 aliphatic heterocycles. The average molecular weight is 489 g/mol. The summed E-state index contributed by atoms with van der Waals surface area (Å²) in [4.78, 5) is 18.6. The number of nitrogens with zero attached hydrogens (tertiary/aromatic N) is 2. The molecule has 1 amide bonds. The van der Waals surface area contributed by atoms with Gasteiger partial charge in [-0.15, -0.1) is 24.0 Å². The summed E-state index contributed by atoms with van der Waals surface area (Å²) in [5, 5.41) is 9.10. The van der Waals surface area contributed by atoms with Crippen LogP contribution in [-0.2, 0) is 9.53 Å². The van der Waals surface area contributed by atoms with E-state index in [2.05, 4.69) is 39.7 Å². The van der Waals surface area contributed by atoms with E-state index < -0.39 is 0 Å². The summed E-state index contributed by atoms with van der Waals surface area (Å²) in [7, 11) is 1.69. The van der Waals surface area contributed by atoms with Crippen molar-refractivity contribution in [2.24, 2.45) is 10.9 Å². The van der Waals surface area contributed by atoms with Crippen LogP contribution in [-0.4, -0.2) is 69.2 Å². The van der Waals surface area contributed by atoms with Crippen LogP contribution in [0.1, 0.15) is 13.8 Å². The van der Waals surface area contributed by atoms with Crippen LogP contribution >= 0.6 is 24.0 Å². The Labute approximate surface area is 179 Å². The van der Waals surface area contributed by atoms with Crippen molar-refractivity contribution in [3.63, 3.8) is 0 Å². The standard InChI is InChI=1S/C19H31N5O2.HI/c1-15(2)13-24-9-10-26-17(14-24)11-21-19(20-3)22-12-18(25)23-16-7-5-4-6-8-16;/h4-8,15,17H,9-14H2,1-3H3,(H,23,25)(H2,20,21,22);1H. The Morgan fingerprint density at radius 1 is 1.30 bits per heavy atom. The lowest BCUT2D eigenvalue weighted by molar-refractivity contribution is -0.115. The maximum absolute atomic E-state index is 12.0. The van der Waals surface area contributed by atoms with Crippen LogP contribution in [0.3, 0.4) is 0 Å². The molecule has 2 rings (SSSR count). The first kappa shape index (κ1) is 23.6. The van der Waals surface area contributed by atoms with Crippen molar-refractivity contribution in [2.75, 3.05) is 51.7 Å². The number of anilines is 1. The molecule has 0 aromatic heterocycles. The van der Waals surface area contributed by atoms with Crippen LogP contribution in [0.25, 0.3) is 0 Å². The molecule has 3 N–H and O–H groups in total. The molecular weight excluding hydrogens is 457 g/mol. The highest BCUT2D eigenvalue weighted by atomic mass is 127. The van der Waals surface area contributed by atoms with Gasteiger partial charge in [-0.3, -0.25) is 14.7 Å². The molecule has 27 heavy (non-hydrogen) atoms. The van der Waals surface area contributed by atoms with Gasteiger partial charge in [0, 0.05) is 38.9 Å². The third kappa shape index (κ3) is 9.39. The summed E-state index contributed by atoms with van der Waals surface area (Å²) < 4.78 is 5.82. The van der Waals surface area contributed by atoms with Gasteiger partial charge in [0.2, 0.25) is 5.91 Å². The number of halogens is 1. The van der Waals surface area contributed by atoms with Gasteiger partial charge in [-0.2, -0.15) is 0 Å². The van der Waals surface area contributed by atoms with Crippen LogP contribution in [0, 0.1) is 5.92 Å². The third-order valence-electron chi connectivity index (χ3n) is 4.04. The first-order valence-corrected chi connectivity index (χ1v) is 9.20. The molecule has 8 heteroatoms. The van der Waals surface area contributed by atoms with E-state index in [1.165, 1.54) is 0 Å². The molecule has 0 spiro atoms. The molecule has 0 aliphatic carbocycles. The second kappa shape index (κ2) is 12.9. The molecule has 1 fully saturated rings. The number of nitrogens with one attached hydrogen (secondary N) is 3. The lowest BCUT2D eigenvalue weighted by Gasteiger charge is -2.34. The summed E-state index contributed by atoms with van der Waals surface area (Å²) in [5.74, 6) is 1.13. The number of aliphatic imine (C=N–C) groups is 1. The van der Waals surface area contributed by atoms with Crippen molar-refractivity contribution in [3.8, 4) is 0 Å². The smallest absolute Gasteiger partial charge is 0.243 e. The van der Waals surface area contributed by atoms with Crippen molar-refractivity contribution in [3.05, 3.63) is 30.3 Å². The first-order valence-electron chi connectivity index (χ1n) is 9.20. The fourth-order valence-corrected chi connectivity index (χ4v) is 2.91. The number of amides is 1. The van der Waals surface area contributed by atoms with Crippen molar-refractivity contribution in [1.29, 1.82) is 0 Å². The van der Waals surface area contributed by atoms with Crippen LogP contribution in [0.5, 0.6) is 0 Å². The molecule has 1 aliphatic rings. The zero-order valence-electron chi connectivity index (χ0n) is 16.4. The number of rotatable bonds is 7. The van der Waals surface area contributed by atoms with E-state index >= 15 is 0 Å². The SMILES string of the molecule is CN=C(NCC(=O)Nc1ccccc1)NCC1CN(CC(C)C)CCO1.I. The Bertz CT molecular complexity index is 583. The number of guanidine groups is 1. The predicted octanol–water partition coefficient (Wildman–Crippen LogP) is 1.76. The minimum atomic E-state index is -0.115. The van der Waals surface area contributed by atoms with E-state index in [0.717, 1.165) is 31.9 Å². The number of carbonyl (C=O) groups excluding carboxylic acids is 1. The average Bonchev–Trinajstić information content (AvgIpc) is 2.62. The Hall–Kier alpha value is -1.39. The zero-order valence-corrected chi connectivity index (χ0v) is 18.7. The normalized spacial score (nSPS) is 17.9. The van der Waals surface area contributed by atoms with Crippen molar-refractivity contribution in [2.45, 2.75) is 20.0 Å². The summed E-state index contributed by atoms with van der Waals surface area (Å²) in [6, 6.07) is 9.39. The number of carbonyl (C=O) groups is 1. The summed E-state index contributed by atoms with van der Waals surface area (Å²) in [6.07, 6.45) is 0.124. The van der Waals surface area contributed by atoms with Crippen LogP contribution in [0.4, 0.5) is 5.69 Å². The molecule has 1 heterocycles. The van der Waals surface area contributed by atoms with Gasteiger partial charge >= 0.3 is 0 Å². The molecule has 1 aromatic carbocycles. The van der Waals surface area contributed by atoms with Gasteiger partial charge in [0.25, 0.3) is 0 Å². The summed E-state index contributed by atoms with van der Waals surface area (Å²) in [6.45, 7) is 9.02. The number of benzene rings is 1. The topological polar surface area (TPSA) is 78.0 Å². The highest BCUT2D eigenvalue weighted by Crippen LogP contribution is 2.07. The van der Waals surface area contributed by atoms with E-state index in [9.17, 15) is 4.79 Å². The van der Waals surface area contributed by atoms with Crippen LogP contribution < -0.4 is 16.0 Å². The second-order valence-electron chi connectivity index (χ2n) is 6.87. The Morgan fingerprint density at radius 3 is 2.70 bits per heavy atom. The van der Waals surface area contributed by atoms with Gasteiger partial charge in [-0.25, -0.2) is 0 Å². The predicted molar refractivity (Wildman–Crippen MR) is 121 cm³/mol. The molecule has 1 aromatic rings. The number of morpholine rings is 1. The van der Waals surface area contributed by atoms with Gasteiger partial charge in [0.15, 0.2) is 5.96 Å². The number of ether oxygens (including phenoxy) is 1. The van der Waals surface area contributed by atoms with Crippen molar-refractivity contribution >= 4 is 41.5 Å². The van der Waals surface area contributed by atoms with Gasteiger partial charge in [-0.1, -0.05) is 32.0 Å². The zero-order chi connectivity index (χ0) is 18.8. The minimum absolute atomic E-state index is 0.